The quantitative estimate of drug-likeness (QED) is 0.580. The lowest BCUT2D eigenvalue weighted by Gasteiger charge is -2.13. The van der Waals surface area contributed by atoms with E-state index in [-0.39, 0.29) is 5.02 Å². The predicted octanol–water partition coefficient (Wildman–Crippen LogP) is 5.87. The summed E-state index contributed by atoms with van der Waals surface area (Å²) in [7, 11) is 0. The lowest BCUT2D eigenvalue weighted by molar-refractivity contribution is 0.628. The third-order valence-corrected chi connectivity index (χ3v) is 4.62. The van der Waals surface area contributed by atoms with Crippen LogP contribution in [0.3, 0.4) is 0 Å². The first-order chi connectivity index (χ1) is 11.0. The van der Waals surface area contributed by atoms with Gasteiger partial charge in [-0.2, -0.15) is 0 Å². The minimum absolute atomic E-state index is 0.0609. The number of hydrogen-bond acceptors (Lipinski definition) is 3. The van der Waals surface area contributed by atoms with Gasteiger partial charge in [-0.1, -0.05) is 30.3 Å². The summed E-state index contributed by atoms with van der Waals surface area (Å²) in [4.78, 5) is 1.16. The van der Waals surface area contributed by atoms with Gasteiger partial charge >= 0.3 is 0 Å². The van der Waals surface area contributed by atoms with Crippen molar-refractivity contribution in [1.29, 1.82) is 0 Å². The molecular weight excluding hydrogens is 331 g/mol. The van der Waals surface area contributed by atoms with Crippen LogP contribution in [0.2, 0.25) is 5.02 Å². The summed E-state index contributed by atoms with van der Waals surface area (Å²) in [5.74, 6) is -0.456. The summed E-state index contributed by atoms with van der Waals surface area (Å²) in [6.07, 6.45) is 0. The second-order valence-electron chi connectivity index (χ2n) is 5.01. The van der Waals surface area contributed by atoms with Crippen LogP contribution >= 0.6 is 22.9 Å². The Bertz CT molecular complexity index is 859. The Kier molecular flexibility index (Phi) is 4.37. The molecular formula is C18H14ClFN2S. The summed E-state index contributed by atoms with van der Waals surface area (Å²) in [6.45, 7) is 3.98. The van der Waals surface area contributed by atoms with E-state index in [9.17, 15) is 4.39 Å². The molecule has 2 aromatic carbocycles. The molecule has 1 aromatic heterocycles. The van der Waals surface area contributed by atoms with Crippen LogP contribution in [0.25, 0.3) is 16.1 Å². The lowest BCUT2D eigenvalue weighted by atomic mass is 10.1. The van der Waals surface area contributed by atoms with E-state index in [4.69, 9.17) is 17.3 Å². The maximum absolute atomic E-state index is 13.3. The van der Waals surface area contributed by atoms with Crippen LogP contribution in [0, 0.1) is 5.82 Å². The van der Waals surface area contributed by atoms with Crippen molar-refractivity contribution in [2.24, 2.45) is 0 Å². The standard InChI is InChI=1S/C18H14ClFN2S/c1-11(12-4-6-15(20)14(19)9-12)22-17-10-13(5-7-16(17)21)18-3-2-8-23-18/h2-10,22H,1,21H2. The van der Waals surface area contributed by atoms with E-state index in [1.54, 1.807) is 17.4 Å². The molecule has 116 valence electrons. The summed E-state index contributed by atoms with van der Waals surface area (Å²) in [5.41, 5.74) is 9.77. The van der Waals surface area contributed by atoms with Crippen molar-refractivity contribution in [3.8, 4) is 10.4 Å². The Morgan fingerprint density at radius 2 is 2.00 bits per heavy atom. The number of anilines is 2. The van der Waals surface area contributed by atoms with Crippen LogP contribution in [0.1, 0.15) is 5.56 Å². The van der Waals surface area contributed by atoms with Gasteiger partial charge in [-0.25, -0.2) is 4.39 Å². The predicted molar refractivity (Wildman–Crippen MR) is 98.2 cm³/mol. The van der Waals surface area contributed by atoms with Crippen molar-refractivity contribution in [3.05, 3.63) is 76.9 Å². The molecule has 0 atom stereocenters. The highest BCUT2D eigenvalue weighted by atomic mass is 35.5. The highest BCUT2D eigenvalue weighted by Gasteiger charge is 2.08. The molecule has 3 aromatic rings. The van der Waals surface area contributed by atoms with Gasteiger partial charge in [-0.05, 0) is 52.9 Å². The third-order valence-electron chi connectivity index (χ3n) is 3.41. The second kappa shape index (κ2) is 6.44. The SMILES string of the molecule is C=C(Nc1cc(-c2cccs2)ccc1N)c1ccc(F)c(Cl)c1. The van der Waals surface area contributed by atoms with Crippen LogP contribution in [0.4, 0.5) is 15.8 Å². The van der Waals surface area contributed by atoms with Gasteiger partial charge in [-0.15, -0.1) is 11.3 Å². The zero-order valence-corrected chi connectivity index (χ0v) is 13.7. The topological polar surface area (TPSA) is 38.0 Å². The Morgan fingerprint density at radius 1 is 1.17 bits per heavy atom. The van der Waals surface area contributed by atoms with Gasteiger partial charge in [0, 0.05) is 10.6 Å². The molecule has 2 nitrogen and oxygen atoms in total. The third kappa shape index (κ3) is 3.38. The van der Waals surface area contributed by atoms with Crippen LogP contribution in [0.5, 0.6) is 0 Å². The van der Waals surface area contributed by atoms with Gasteiger partial charge in [-0.3, -0.25) is 0 Å². The molecule has 0 aliphatic rings. The molecule has 0 saturated carbocycles. The molecule has 0 bridgehead atoms. The molecule has 0 radical (unpaired) electrons. The van der Waals surface area contributed by atoms with E-state index in [0.717, 1.165) is 16.1 Å². The number of nitrogens with one attached hydrogen (secondary N) is 1. The molecule has 5 heteroatoms. The number of rotatable bonds is 4. The van der Waals surface area contributed by atoms with E-state index in [0.29, 0.717) is 16.9 Å². The molecule has 0 amide bonds. The first-order valence-corrected chi connectivity index (χ1v) is 8.15. The van der Waals surface area contributed by atoms with Crippen molar-refractivity contribution < 1.29 is 4.39 Å². The highest BCUT2D eigenvalue weighted by molar-refractivity contribution is 7.13. The number of benzene rings is 2. The molecule has 23 heavy (non-hydrogen) atoms. The fourth-order valence-corrected chi connectivity index (χ4v) is 3.08. The van der Waals surface area contributed by atoms with Gasteiger partial charge in [0.1, 0.15) is 5.82 Å². The maximum atomic E-state index is 13.3. The molecule has 0 unspecified atom stereocenters. The van der Waals surface area contributed by atoms with Crippen molar-refractivity contribution >= 4 is 40.0 Å². The van der Waals surface area contributed by atoms with Crippen molar-refractivity contribution in [2.45, 2.75) is 0 Å². The van der Waals surface area contributed by atoms with E-state index in [1.807, 2.05) is 29.6 Å². The Labute approximate surface area is 143 Å². The molecule has 0 spiro atoms. The lowest BCUT2D eigenvalue weighted by Crippen LogP contribution is -2.01. The molecule has 0 aliphatic heterocycles. The average Bonchev–Trinajstić information content (AvgIpc) is 3.06. The number of thiophene rings is 1. The van der Waals surface area contributed by atoms with Crippen LogP contribution in [-0.4, -0.2) is 0 Å². The number of halogens is 2. The maximum Gasteiger partial charge on any atom is 0.141 e. The summed E-state index contributed by atoms with van der Waals surface area (Å²) < 4.78 is 13.3. The van der Waals surface area contributed by atoms with Gasteiger partial charge in [0.25, 0.3) is 0 Å². The zero-order valence-electron chi connectivity index (χ0n) is 12.1. The van der Waals surface area contributed by atoms with Crippen molar-refractivity contribution in [3.63, 3.8) is 0 Å². The number of hydrogen-bond donors (Lipinski definition) is 2. The molecule has 3 rings (SSSR count). The van der Waals surface area contributed by atoms with Gasteiger partial charge in [0.2, 0.25) is 0 Å². The largest absolute Gasteiger partial charge is 0.397 e. The summed E-state index contributed by atoms with van der Waals surface area (Å²) in [5, 5.41) is 5.27. The molecule has 0 fully saturated rings. The molecule has 1 heterocycles. The van der Waals surface area contributed by atoms with Crippen LogP contribution in [-0.2, 0) is 0 Å². The first-order valence-electron chi connectivity index (χ1n) is 6.89. The monoisotopic (exact) mass is 344 g/mol. The van der Waals surface area contributed by atoms with E-state index >= 15 is 0 Å². The fraction of sp³-hybridized carbons (Fsp3) is 0. The summed E-state index contributed by atoms with van der Waals surface area (Å²) >= 11 is 7.48. The number of nitrogen functional groups attached to an aromatic ring is 1. The molecule has 3 N–H and O–H groups in total. The zero-order chi connectivity index (χ0) is 16.4. The van der Waals surface area contributed by atoms with Gasteiger partial charge in [0.05, 0.1) is 16.4 Å². The minimum Gasteiger partial charge on any atom is -0.397 e. The van der Waals surface area contributed by atoms with E-state index < -0.39 is 5.82 Å². The second-order valence-corrected chi connectivity index (χ2v) is 6.37. The Morgan fingerprint density at radius 3 is 2.70 bits per heavy atom. The Balaban J connectivity index is 1.88. The molecule has 0 saturated heterocycles. The van der Waals surface area contributed by atoms with E-state index in [2.05, 4.69) is 18.0 Å². The van der Waals surface area contributed by atoms with Crippen molar-refractivity contribution in [2.75, 3.05) is 11.1 Å². The van der Waals surface area contributed by atoms with Crippen molar-refractivity contribution in [1.82, 2.24) is 0 Å². The Hall–Kier alpha value is -2.30. The van der Waals surface area contributed by atoms with Gasteiger partial charge in [0.15, 0.2) is 0 Å². The average molecular weight is 345 g/mol. The number of nitrogens with two attached hydrogens (primary N) is 1. The molecule has 0 aliphatic carbocycles. The van der Waals surface area contributed by atoms with Gasteiger partial charge < -0.3 is 11.1 Å². The van der Waals surface area contributed by atoms with Crippen LogP contribution in [0.15, 0.2) is 60.5 Å². The highest BCUT2D eigenvalue weighted by Crippen LogP contribution is 2.32. The normalized spacial score (nSPS) is 10.5. The first kappa shape index (κ1) is 15.6. The smallest absolute Gasteiger partial charge is 0.141 e. The fourth-order valence-electron chi connectivity index (χ4n) is 2.18. The summed E-state index contributed by atoms with van der Waals surface area (Å²) in [6, 6.07) is 14.3. The van der Waals surface area contributed by atoms with E-state index in [1.165, 1.54) is 12.1 Å². The minimum atomic E-state index is -0.456. The van der Waals surface area contributed by atoms with Crippen LogP contribution < -0.4 is 11.1 Å².